The van der Waals surface area contributed by atoms with Crippen molar-refractivity contribution in [2.45, 2.75) is 18.4 Å². The lowest BCUT2D eigenvalue weighted by atomic mass is 10.1. The van der Waals surface area contributed by atoms with E-state index in [1.165, 1.54) is 12.1 Å². The summed E-state index contributed by atoms with van der Waals surface area (Å²) in [7, 11) is 0. The van der Waals surface area contributed by atoms with E-state index in [9.17, 15) is 9.50 Å². The third-order valence-electron chi connectivity index (χ3n) is 2.37. The number of phenolic OH excluding ortho intramolecular Hbond substituents is 1. The fraction of sp³-hybridized carbons (Fsp3) is 0.333. The van der Waals surface area contributed by atoms with E-state index in [0.717, 1.165) is 12.8 Å². The van der Waals surface area contributed by atoms with Gasteiger partial charge in [0.25, 0.3) is 0 Å². The van der Waals surface area contributed by atoms with Gasteiger partial charge in [-0.05, 0) is 46.5 Å². The molecule has 0 aliphatic heterocycles. The summed E-state index contributed by atoms with van der Waals surface area (Å²) in [5, 5.41) is 9.33. The highest BCUT2D eigenvalue weighted by Gasteiger charge is 2.40. The first-order chi connectivity index (χ1) is 6.03. The van der Waals surface area contributed by atoms with Crippen molar-refractivity contribution in [2.24, 2.45) is 5.73 Å². The molecule has 13 heavy (non-hydrogen) atoms. The Morgan fingerprint density at radius 1 is 1.46 bits per heavy atom. The van der Waals surface area contributed by atoms with Crippen LogP contribution in [0.1, 0.15) is 18.4 Å². The molecule has 70 valence electrons. The maximum absolute atomic E-state index is 13.1. The summed E-state index contributed by atoms with van der Waals surface area (Å²) in [5.74, 6) is -0.557. The smallest absolute Gasteiger partial charge is 0.141 e. The van der Waals surface area contributed by atoms with Crippen LogP contribution in [-0.2, 0) is 5.54 Å². The second-order valence-electron chi connectivity index (χ2n) is 3.45. The molecule has 0 spiro atoms. The van der Waals surface area contributed by atoms with Gasteiger partial charge >= 0.3 is 0 Å². The summed E-state index contributed by atoms with van der Waals surface area (Å²) in [6.07, 6.45) is 1.71. The molecular weight excluding hydrogens is 237 g/mol. The van der Waals surface area contributed by atoms with Crippen molar-refractivity contribution in [3.8, 4) is 5.75 Å². The van der Waals surface area contributed by atoms with Crippen LogP contribution in [0.15, 0.2) is 16.6 Å². The molecule has 1 aromatic rings. The molecule has 1 saturated carbocycles. The van der Waals surface area contributed by atoms with Crippen molar-refractivity contribution in [3.05, 3.63) is 28.0 Å². The van der Waals surface area contributed by atoms with Crippen molar-refractivity contribution in [1.82, 2.24) is 0 Å². The highest BCUT2D eigenvalue weighted by Crippen LogP contribution is 2.44. The molecule has 2 rings (SSSR count). The average Bonchev–Trinajstić information content (AvgIpc) is 2.80. The number of rotatable bonds is 1. The van der Waals surface area contributed by atoms with Crippen LogP contribution in [0.2, 0.25) is 0 Å². The van der Waals surface area contributed by atoms with Gasteiger partial charge in [-0.2, -0.15) is 0 Å². The Morgan fingerprint density at radius 3 is 2.54 bits per heavy atom. The number of phenols is 1. The minimum Gasteiger partial charge on any atom is -0.507 e. The van der Waals surface area contributed by atoms with Crippen LogP contribution in [-0.4, -0.2) is 5.11 Å². The van der Waals surface area contributed by atoms with Gasteiger partial charge in [0, 0.05) is 5.54 Å². The van der Waals surface area contributed by atoms with Gasteiger partial charge in [0.1, 0.15) is 11.6 Å². The molecule has 0 amide bonds. The first-order valence-electron chi connectivity index (χ1n) is 4.00. The molecule has 0 aromatic heterocycles. The Kier molecular flexibility index (Phi) is 1.85. The standard InChI is InChI=1S/C9H9BrFNO/c10-8-6(11)3-5(4-7(8)13)9(12)1-2-9/h3-4,13H,1-2,12H2. The quantitative estimate of drug-likeness (QED) is 0.798. The number of hydrogen-bond donors (Lipinski definition) is 2. The summed E-state index contributed by atoms with van der Waals surface area (Å²) in [4.78, 5) is 0. The lowest BCUT2D eigenvalue weighted by molar-refractivity contribution is 0.461. The van der Waals surface area contributed by atoms with Gasteiger partial charge in [0.15, 0.2) is 0 Å². The van der Waals surface area contributed by atoms with Crippen LogP contribution in [0.3, 0.4) is 0 Å². The third-order valence-corrected chi connectivity index (χ3v) is 3.16. The number of benzene rings is 1. The number of nitrogens with two attached hydrogens (primary N) is 1. The zero-order chi connectivity index (χ0) is 9.64. The molecule has 0 atom stereocenters. The molecule has 0 radical (unpaired) electrons. The molecule has 0 unspecified atom stereocenters. The molecular formula is C9H9BrFNO. The van der Waals surface area contributed by atoms with Crippen LogP contribution < -0.4 is 5.73 Å². The fourth-order valence-corrected chi connectivity index (χ4v) is 1.51. The van der Waals surface area contributed by atoms with E-state index in [4.69, 9.17) is 5.73 Å². The van der Waals surface area contributed by atoms with Gasteiger partial charge in [-0.3, -0.25) is 0 Å². The predicted octanol–water partition coefficient (Wildman–Crippen LogP) is 2.24. The normalized spacial score (nSPS) is 18.7. The second-order valence-corrected chi connectivity index (χ2v) is 4.24. The maximum atomic E-state index is 13.1. The van der Waals surface area contributed by atoms with Crippen LogP contribution in [0, 0.1) is 5.82 Å². The molecule has 1 aliphatic rings. The van der Waals surface area contributed by atoms with Gasteiger partial charge in [-0.1, -0.05) is 0 Å². The Bertz CT molecular complexity index is 340. The summed E-state index contributed by atoms with van der Waals surface area (Å²) in [6.45, 7) is 0. The predicted molar refractivity (Wildman–Crippen MR) is 50.9 cm³/mol. The molecule has 1 fully saturated rings. The Labute approximate surface area is 83.7 Å². The second kappa shape index (κ2) is 2.69. The Balaban J connectivity index is 2.50. The monoisotopic (exact) mass is 245 g/mol. The van der Waals surface area contributed by atoms with Crippen LogP contribution in [0.5, 0.6) is 5.75 Å². The van der Waals surface area contributed by atoms with E-state index < -0.39 is 11.4 Å². The molecule has 4 heteroatoms. The van der Waals surface area contributed by atoms with E-state index >= 15 is 0 Å². The first-order valence-corrected chi connectivity index (χ1v) is 4.80. The molecule has 2 nitrogen and oxygen atoms in total. The van der Waals surface area contributed by atoms with Crippen molar-refractivity contribution in [1.29, 1.82) is 0 Å². The van der Waals surface area contributed by atoms with E-state index in [1.54, 1.807) is 0 Å². The van der Waals surface area contributed by atoms with Crippen molar-refractivity contribution < 1.29 is 9.50 Å². The fourth-order valence-electron chi connectivity index (χ4n) is 1.29. The largest absolute Gasteiger partial charge is 0.507 e. The number of halogens is 2. The van der Waals surface area contributed by atoms with Crippen molar-refractivity contribution in [2.75, 3.05) is 0 Å². The lowest BCUT2D eigenvalue weighted by Crippen LogP contribution is -2.18. The van der Waals surface area contributed by atoms with Gasteiger partial charge in [0.2, 0.25) is 0 Å². The minimum atomic E-state index is -0.466. The summed E-state index contributed by atoms with van der Waals surface area (Å²) in [6, 6.07) is 2.89. The van der Waals surface area contributed by atoms with Crippen LogP contribution in [0.25, 0.3) is 0 Å². The minimum absolute atomic E-state index is 0.0910. The first kappa shape index (κ1) is 8.97. The van der Waals surface area contributed by atoms with Gasteiger partial charge in [-0.25, -0.2) is 4.39 Å². The number of aromatic hydroxyl groups is 1. The van der Waals surface area contributed by atoms with E-state index in [1.807, 2.05) is 0 Å². The number of hydrogen-bond acceptors (Lipinski definition) is 2. The SMILES string of the molecule is NC1(c2cc(O)c(Br)c(F)c2)CC1. The zero-order valence-electron chi connectivity index (χ0n) is 6.85. The third kappa shape index (κ3) is 1.44. The topological polar surface area (TPSA) is 46.2 Å². The molecule has 1 aliphatic carbocycles. The van der Waals surface area contributed by atoms with E-state index in [0.29, 0.717) is 5.56 Å². The van der Waals surface area contributed by atoms with Crippen LogP contribution >= 0.6 is 15.9 Å². The van der Waals surface area contributed by atoms with E-state index in [2.05, 4.69) is 15.9 Å². The van der Waals surface area contributed by atoms with Crippen molar-refractivity contribution >= 4 is 15.9 Å². The highest BCUT2D eigenvalue weighted by atomic mass is 79.9. The van der Waals surface area contributed by atoms with Crippen LogP contribution in [0.4, 0.5) is 4.39 Å². The molecule has 1 aromatic carbocycles. The lowest BCUT2D eigenvalue weighted by Gasteiger charge is -2.10. The Morgan fingerprint density at radius 2 is 2.08 bits per heavy atom. The average molecular weight is 246 g/mol. The summed E-state index contributed by atoms with van der Waals surface area (Å²) >= 11 is 2.93. The van der Waals surface area contributed by atoms with Crippen molar-refractivity contribution in [3.63, 3.8) is 0 Å². The maximum Gasteiger partial charge on any atom is 0.141 e. The molecule has 3 N–H and O–H groups in total. The molecule has 0 saturated heterocycles. The highest BCUT2D eigenvalue weighted by molar-refractivity contribution is 9.10. The zero-order valence-corrected chi connectivity index (χ0v) is 8.44. The molecule has 0 bridgehead atoms. The summed E-state index contributed by atoms with van der Waals surface area (Å²) < 4.78 is 13.2. The van der Waals surface area contributed by atoms with E-state index in [-0.39, 0.29) is 10.2 Å². The van der Waals surface area contributed by atoms with Gasteiger partial charge in [0.05, 0.1) is 4.47 Å². The Hall–Kier alpha value is -0.610. The van der Waals surface area contributed by atoms with Gasteiger partial charge in [-0.15, -0.1) is 0 Å². The molecule has 0 heterocycles. The van der Waals surface area contributed by atoms with Gasteiger partial charge < -0.3 is 10.8 Å². The summed E-state index contributed by atoms with van der Waals surface area (Å²) in [5.41, 5.74) is 6.13.